The van der Waals surface area contributed by atoms with E-state index in [1.807, 2.05) is 6.07 Å². The molecule has 0 aliphatic heterocycles. The van der Waals surface area contributed by atoms with Crippen molar-refractivity contribution in [1.29, 1.82) is 0 Å². The van der Waals surface area contributed by atoms with Crippen LogP contribution in [0.2, 0.25) is 0 Å². The second-order valence-corrected chi connectivity index (χ2v) is 2.90. The van der Waals surface area contributed by atoms with Crippen LogP contribution >= 0.6 is 0 Å². The van der Waals surface area contributed by atoms with E-state index in [4.69, 9.17) is 0 Å². The van der Waals surface area contributed by atoms with Crippen LogP contribution in [0.1, 0.15) is 11.5 Å². The molecule has 1 aliphatic carbocycles. The van der Waals surface area contributed by atoms with E-state index in [-0.39, 0.29) is 0 Å². The van der Waals surface area contributed by atoms with Crippen molar-refractivity contribution < 1.29 is 0 Å². The normalized spacial score (nSPS) is 21.2. The van der Waals surface area contributed by atoms with Crippen molar-refractivity contribution in [3.05, 3.63) is 66.6 Å². The van der Waals surface area contributed by atoms with E-state index < -0.39 is 0 Å². The summed E-state index contributed by atoms with van der Waals surface area (Å²) in [5.41, 5.74) is 1.36. The Bertz CT molecular complexity index is 293. The zero-order valence-corrected chi connectivity index (χ0v) is 6.85. The molecule has 0 nitrogen and oxygen atoms in total. The Morgan fingerprint density at radius 2 is 1.67 bits per heavy atom. The molecule has 2 rings (SSSR count). The van der Waals surface area contributed by atoms with E-state index in [1.165, 1.54) is 5.56 Å². The van der Waals surface area contributed by atoms with Crippen LogP contribution in [0.5, 0.6) is 0 Å². The van der Waals surface area contributed by atoms with Gasteiger partial charge in [-0.1, -0.05) is 54.6 Å². The number of rotatable bonds is 1. The maximum atomic E-state index is 2.20. The van der Waals surface area contributed by atoms with Crippen LogP contribution in [0.4, 0.5) is 0 Å². The van der Waals surface area contributed by atoms with Crippen molar-refractivity contribution in [3.63, 3.8) is 0 Å². The Morgan fingerprint density at radius 1 is 0.833 bits per heavy atom. The van der Waals surface area contributed by atoms with Crippen LogP contribution in [0.25, 0.3) is 0 Å². The van der Waals surface area contributed by atoms with E-state index in [1.54, 1.807) is 0 Å². The SMILES string of the molecule is [CH]1C=CC=C[C@@H]1c1ccccc1. The lowest BCUT2D eigenvalue weighted by atomic mass is 9.93. The smallest absolute Gasteiger partial charge is 0.00900 e. The van der Waals surface area contributed by atoms with Gasteiger partial charge in [0, 0.05) is 5.92 Å². The summed E-state index contributed by atoms with van der Waals surface area (Å²) in [6, 6.07) is 10.5. The van der Waals surface area contributed by atoms with Gasteiger partial charge in [-0.2, -0.15) is 0 Å². The Hall–Kier alpha value is -1.30. The van der Waals surface area contributed by atoms with Crippen LogP contribution in [0.3, 0.4) is 0 Å². The van der Waals surface area contributed by atoms with Gasteiger partial charge in [-0.05, 0) is 12.0 Å². The highest BCUT2D eigenvalue weighted by atomic mass is 14.1. The summed E-state index contributed by atoms with van der Waals surface area (Å²) in [5.74, 6) is 0.469. The zero-order chi connectivity index (χ0) is 8.23. The summed E-state index contributed by atoms with van der Waals surface area (Å²) in [6.45, 7) is 0. The first-order chi connectivity index (χ1) is 5.97. The predicted octanol–water partition coefficient (Wildman–Crippen LogP) is 3.10. The van der Waals surface area contributed by atoms with E-state index in [9.17, 15) is 0 Å². The molecule has 12 heavy (non-hydrogen) atoms. The van der Waals surface area contributed by atoms with Gasteiger partial charge in [-0.3, -0.25) is 0 Å². The molecule has 0 saturated heterocycles. The average molecular weight is 155 g/mol. The largest absolute Gasteiger partial charge is 0.0799 e. The number of hydrogen-bond acceptors (Lipinski definition) is 0. The fraction of sp³-hybridized carbons (Fsp3) is 0.0833. The van der Waals surface area contributed by atoms with Gasteiger partial charge in [0.25, 0.3) is 0 Å². The van der Waals surface area contributed by atoms with Crippen molar-refractivity contribution in [3.8, 4) is 0 Å². The molecule has 0 unspecified atom stereocenters. The highest BCUT2D eigenvalue weighted by Gasteiger charge is 2.06. The number of hydrogen-bond donors (Lipinski definition) is 0. The third kappa shape index (κ3) is 1.48. The maximum absolute atomic E-state index is 2.20. The summed E-state index contributed by atoms with van der Waals surface area (Å²) < 4.78 is 0. The molecule has 0 amide bonds. The molecule has 0 fully saturated rings. The van der Waals surface area contributed by atoms with Gasteiger partial charge in [-0.25, -0.2) is 0 Å². The number of allylic oxidation sites excluding steroid dienone is 4. The fourth-order valence-electron chi connectivity index (χ4n) is 1.39. The minimum Gasteiger partial charge on any atom is -0.0799 e. The number of benzene rings is 1. The van der Waals surface area contributed by atoms with Gasteiger partial charge in [0.2, 0.25) is 0 Å². The topological polar surface area (TPSA) is 0 Å². The van der Waals surface area contributed by atoms with E-state index in [2.05, 4.69) is 55.0 Å². The van der Waals surface area contributed by atoms with E-state index in [0.717, 1.165) is 0 Å². The molecular weight excluding hydrogens is 144 g/mol. The molecule has 1 atom stereocenters. The van der Waals surface area contributed by atoms with Gasteiger partial charge in [0.05, 0.1) is 0 Å². The van der Waals surface area contributed by atoms with Gasteiger partial charge < -0.3 is 0 Å². The van der Waals surface area contributed by atoms with Gasteiger partial charge in [0.15, 0.2) is 0 Å². The standard InChI is InChI=1S/C12H11/c1-3-7-11(8-4-1)12-9-5-2-6-10-12/h1-11H. The first-order valence-electron chi connectivity index (χ1n) is 4.20. The third-order valence-corrected chi connectivity index (χ3v) is 2.04. The minimum absolute atomic E-state index is 0.469. The molecule has 1 radical (unpaired) electrons. The summed E-state index contributed by atoms with van der Waals surface area (Å²) in [5, 5.41) is 0. The molecular formula is C12H11. The average Bonchev–Trinajstić information content (AvgIpc) is 2.21. The summed E-state index contributed by atoms with van der Waals surface area (Å²) in [6.07, 6.45) is 10.7. The summed E-state index contributed by atoms with van der Waals surface area (Å²) in [7, 11) is 0. The van der Waals surface area contributed by atoms with Crippen molar-refractivity contribution in [2.24, 2.45) is 0 Å². The highest BCUT2D eigenvalue weighted by Crippen LogP contribution is 2.22. The van der Waals surface area contributed by atoms with E-state index >= 15 is 0 Å². The first-order valence-corrected chi connectivity index (χ1v) is 4.20. The van der Waals surface area contributed by atoms with Crippen molar-refractivity contribution in [2.75, 3.05) is 0 Å². The lowest BCUT2D eigenvalue weighted by Gasteiger charge is -2.11. The Balaban J connectivity index is 2.21. The van der Waals surface area contributed by atoms with Crippen molar-refractivity contribution >= 4 is 0 Å². The second-order valence-electron chi connectivity index (χ2n) is 2.90. The molecule has 0 N–H and O–H groups in total. The Kier molecular flexibility index (Phi) is 2.08. The zero-order valence-electron chi connectivity index (χ0n) is 6.85. The lowest BCUT2D eigenvalue weighted by Crippen LogP contribution is -1.95. The highest BCUT2D eigenvalue weighted by molar-refractivity contribution is 5.33. The molecule has 0 bridgehead atoms. The minimum atomic E-state index is 0.469. The van der Waals surface area contributed by atoms with Crippen LogP contribution in [0, 0.1) is 6.42 Å². The first kappa shape index (κ1) is 7.35. The quantitative estimate of drug-likeness (QED) is 0.584. The summed E-state index contributed by atoms with van der Waals surface area (Å²) >= 11 is 0. The van der Waals surface area contributed by atoms with E-state index in [0.29, 0.717) is 5.92 Å². The molecule has 0 spiro atoms. The molecule has 0 saturated carbocycles. The molecule has 0 heteroatoms. The lowest BCUT2D eigenvalue weighted by molar-refractivity contribution is 1.01. The monoisotopic (exact) mass is 155 g/mol. The van der Waals surface area contributed by atoms with Crippen LogP contribution in [0.15, 0.2) is 54.6 Å². The van der Waals surface area contributed by atoms with Crippen molar-refractivity contribution in [1.82, 2.24) is 0 Å². The maximum Gasteiger partial charge on any atom is 0.00900 e. The van der Waals surface area contributed by atoms with Crippen LogP contribution < -0.4 is 0 Å². The summed E-state index contributed by atoms with van der Waals surface area (Å²) in [4.78, 5) is 0. The fourth-order valence-corrected chi connectivity index (χ4v) is 1.39. The predicted molar refractivity (Wildman–Crippen MR) is 51.8 cm³/mol. The Labute approximate surface area is 73.2 Å². The molecule has 0 aromatic heterocycles. The molecule has 59 valence electrons. The third-order valence-electron chi connectivity index (χ3n) is 2.04. The molecule has 1 aromatic carbocycles. The van der Waals surface area contributed by atoms with Gasteiger partial charge in [0.1, 0.15) is 0 Å². The molecule has 0 heterocycles. The van der Waals surface area contributed by atoms with Crippen LogP contribution in [-0.4, -0.2) is 0 Å². The van der Waals surface area contributed by atoms with Gasteiger partial charge >= 0.3 is 0 Å². The Morgan fingerprint density at radius 3 is 2.33 bits per heavy atom. The molecule has 1 aliphatic rings. The van der Waals surface area contributed by atoms with Gasteiger partial charge in [-0.15, -0.1) is 0 Å². The van der Waals surface area contributed by atoms with Crippen molar-refractivity contribution in [2.45, 2.75) is 5.92 Å². The second kappa shape index (κ2) is 3.40. The molecule has 1 aromatic rings. The van der Waals surface area contributed by atoms with Crippen LogP contribution in [-0.2, 0) is 0 Å².